The van der Waals surface area contributed by atoms with Gasteiger partial charge in [0.25, 0.3) is 0 Å². The molecule has 0 unspecified atom stereocenters. The first kappa shape index (κ1) is 9.41. The first-order valence-electron chi connectivity index (χ1n) is 6.01. The Labute approximate surface area is 91.1 Å². The Kier molecular flexibility index (Phi) is 2.10. The van der Waals surface area contributed by atoms with E-state index in [4.69, 9.17) is 0 Å². The molecule has 2 aliphatic carbocycles. The molecular formula is C14H18O. The zero-order valence-electron chi connectivity index (χ0n) is 9.08. The Morgan fingerprint density at radius 2 is 2.07 bits per heavy atom. The molecule has 0 aliphatic heterocycles. The van der Waals surface area contributed by atoms with Crippen LogP contribution < -0.4 is 0 Å². The van der Waals surface area contributed by atoms with E-state index in [1.54, 1.807) is 0 Å². The van der Waals surface area contributed by atoms with Gasteiger partial charge in [-0.25, -0.2) is 0 Å². The number of aliphatic hydroxyl groups excluding tert-OH is 1. The molecular weight excluding hydrogens is 184 g/mol. The van der Waals surface area contributed by atoms with Gasteiger partial charge in [0.2, 0.25) is 0 Å². The average molecular weight is 202 g/mol. The number of benzene rings is 1. The Morgan fingerprint density at radius 3 is 2.67 bits per heavy atom. The van der Waals surface area contributed by atoms with Crippen LogP contribution in [-0.4, -0.2) is 11.7 Å². The largest absolute Gasteiger partial charge is 0.396 e. The van der Waals surface area contributed by atoms with E-state index in [1.807, 2.05) is 0 Å². The predicted molar refractivity (Wildman–Crippen MR) is 60.9 cm³/mol. The normalized spacial score (nSPS) is 22.7. The first-order chi connectivity index (χ1) is 7.31. The molecule has 1 aromatic carbocycles. The topological polar surface area (TPSA) is 20.2 Å². The Balaban J connectivity index is 1.76. The van der Waals surface area contributed by atoms with Gasteiger partial charge in [-0.05, 0) is 54.6 Å². The molecule has 0 amide bonds. The van der Waals surface area contributed by atoms with Crippen molar-refractivity contribution in [3.63, 3.8) is 0 Å². The second-order valence-electron chi connectivity index (χ2n) is 5.35. The molecule has 0 bridgehead atoms. The van der Waals surface area contributed by atoms with Crippen LogP contribution in [0.5, 0.6) is 0 Å². The molecule has 0 spiro atoms. The van der Waals surface area contributed by atoms with Gasteiger partial charge in [-0.3, -0.25) is 0 Å². The maximum atomic E-state index is 9.31. The van der Waals surface area contributed by atoms with E-state index in [2.05, 4.69) is 24.3 Å². The highest BCUT2D eigenvalue weighted by molar-refractivity contribution is 5.30. The third-order valence-electron chi connectivity index (χ3n) is 3.87. The lowest BCUT2D eigenvalue weighted by atomic mass is 9.95. The summed E-state index contributed by atoms with van der Waals surface area (Å²) in [6.45, 7) is 0.362. The van der Waals surface area contributed by atoms with Gasteiger partial charge in [-0.15, -0.1) is 0 Å². The van der Waals surface area contributed by atoms with Crippen LogP contribution in [0.1, 0.15) is 42.7 Å². The molecule has 1 N–H and O–H groups in total. The van der Waals surface area contributed by atoms with Gasteiger partial charge < -0.3 is 5.11 Å². The fourth-order valence-corrected chi connectivity index (χ4v) is 2.37. The van der Waals surface area contributed by atoms with E-state index < -0.39 is 0 Å². The van der Waals surface area contributed by atoms with Gasteiger partial charge in [-0.1, -0.05) is 24.3 Å². The molecule has 1 nitrogen and oxygen atoms in total. The van der Waals surface area contributed by atoms with Gasteiger partial charge in [0.1, 0.15) is 0 Å². The summed E-state index contributed by atoms with van der Waals surface area (Å²) in [5.74, 6) is 0.842. The highest BCUT2D eigenvalue weighted by Crippen LogP contribution is 2.48. The number of rotatable bonds is 4. The van der Waals surface area contributed by atoms with Crippen molar-refractivity contribution in [2.75, 3.05) is 6.61 Å². The Bertz CT molecular complexity index is 361. The van der Waals surface area contributed by atoms with E-state index in [-0.39, 0.29) is 5.41 Å². The lowest BCUT2D eigenvalue weighted by molar-refractivity contribution is 0.211. The van der Waals surface area contributed by atoms with Gasteiger partial charge in [0.15, 0.2) is 0 Å². The van der Waals surface area contributed by atoms with Crippen molar-refractivity contribution >= 4 is 0 Å². The molecule has 15 heavy (non-hydrogen) atoms. The predicted octanol–water partition coefficient (Wildman–Crippen LogP) is 2.88. The maximum absolute atomic E-state index is 9.31. The van der Waals surface area contributed by atoms with Crippen molar-refractivity contribution in [1.29, 1.82) is 0 Å². The van der Waals surface area contributed by atoms with Crippen molar-refractivity contribution in [2.45, 2.75) is 38.0 Å². The van der Waals surface area contributed by atoms with Gasteiger partial charge >= 0.3 is 0 Å². The quantitative estimate of drug-likeness (QED) is 0.796. The van der Waals surface area contributed by atoms with E-state index in [9.17, 15) is 5.11 Å². The fraction of sp³-hybridized carbons (Fsp3) is 0.571. The molecule has 1 heteroatoms. The second-order valence-corrected chi connectivity index (χ2v) is 5.35. The van der Waals surface area contributed by atoms with Crippen LogP contribution in [0, 0.1) is 5.41 Å². The number of hydrogen-bond acceptors (Lipinski definition) is 1. The minimum Gasteiger partial charge on any atom is -0.396 e. The lowest BCUT2D eigenvalue weighted by Crippen LogP contribution is -2.10. The monoisotopic (exact) mass is 202 g/mol. The third-order valence-corrected chi connectivity index (χ3v) is 3.87. The molecule has 2 saturated carbocycles. The van der Waals surface area contributed by atoms with E-state index in [0.29, 0.717) is 6.61 Å². The van der Waals surface area contributed by atoms with Gasteiger partial charge in [0, 0.05) is 6.61 Å². The van der Waals surface area contributed by atoms with Gasteiger partial charge in [-0.2, -0.15) is 0 Å². The molecule has 3 rings (SSSR count). The third kappa shape index (κ3) is 1.93. The summed E-state index contributed by atoms with van der Waals surface area (Å²) in [6.07, 6.45) is 6.22. The molecule has 0 atom stereocenters. The van der Waals surface area contributed by atoms with Crippen molar-refractivity contribution < 1.29 is 5.11 Å². The number of hydrogen-bond donors (Lipinski definition) is 1. The van der Waals surface area contributed by atoms with Crippen LogP contribution in [0.3, 0.4) is 0 Å². The average Bonchev–Trinajstić information content (AvgIpc) is 3.14. The smallest absolute Gasteiger partial charge is 0.0490 e. The summed E-state index contributed by atoms with van der Waals surface area (Å²) >= 11 is 0. The van der Waals surface area contributed by atoms with Gasteiger partial charge in [0.05, 0.1) is 0 Å². The molecule has 0 heterocycles. The highest BCUT2D eigenvalue weighted by Gasteiger charge is 2.41. The van der Waals surface area contributed by atoms with Crippen molar-refractivity contribution in [1.82, 2.24) is 0 Å². The Morgan fingerprint density at radius 1 is 1.27 bits per heavy atom. The van der Waals surface area contributed by atoms with E-state index >= 15 is 0 Å². The van der Waals surface area contributed by atoms with E-state index in [0.717, 1.165) is 12.3 Å². The number of aliphatic hydroxyl groups is 1. The second kappa shape index (κ2) is 3.34. The molecule has 1 aromatic rings. The van der Waals surface area contributed by atoms with Crippen molar-refractivity contribution in [3.8, 4) is 0 Å². The minimum atomic E-state index is 0.252. The van der Waals surface area contributed by atoms with E-state index in [1.165, 1.54) is 36.8 Å². The summed E-state index contributed by atoms with van der Waals surface area (Å²) in [6, 6.07) is 8.99. The maximum Gasteiger partial charge on any atom is 0.0490 e. The summed E-state index contributed by atoms with van der Waals surface area (Å²) in [7, 11) is 0. The minimum absolute atomic E-state index is 0.252. The molecule has 0 saturated heterocycles. The van der Waals surface area contributed by atoms with Crippen molar-refractivity contribution in [2.24, 2.45) is 5.41 Å². The summed E-state index contributed by atoms with van der Waals surface area (Å²) in [5.41, 5.74) is 3.19. The standard InChI is InChI=1S/C14H18O/c15-10-14(6-7-14)9-11-2-1-3-13(8-11)12-4-5-12/h1-3,8,12,15H,4-7,9-10H2. The van der Waals surface area contributed by atoms with Crippen LogP contribution >= 0.6 is 0 Å². The Hall–Kier alpha value is -0.820. The van der Waals surface area contributed by atoms with Crippen LogP contribution in [-0.2, 0) is 6.42 Å². The lowest BCUT2D eigenvalue weighted by Gasteiger charge is -2.12. The van der Waals surface area contributed by atoms with Crippen molar-refractivity contribution in [3.05, 3.63) is 35.4 Å². The first-order valence-corrected chi connectivity index (χ1v) is 6.01. The summed E-state index contributed by atoms with van der Waals surface area (Å²) in [4.78, 5) is 0. The van der Waals surface area contributed by atoms with Crippen LogP contribution in [0.15, 0.2) is 24.3 Å². The fourth-order valence-electron chi connectivity index (χ4n) is 2.37. The molecule has 2 fully saturated rings. The zero-order chi connectivity index (χ0) is 10.3. The molecule has 2 aliphatic rings. The molecule has 80 valence electrons. The molecule has 0 aromatic heterocycles. The SMILES string of the molecule is OCC1(Cc2cccc(C3CC3)c2)CC1. The summed E-state index contributed by atoms with van der Waals surface area (Å²) in [5, 5.41) is 9.31. The van der Waals surface area contributed by atoms with Crippen LogP contribution in [0.25, 0.3) is 0 Å². The highest BCUT2D eigenvalue weighted by atomic mass is 16.3. The zero-order valence-corrected chi connectivity index (χ0v) is 9.08. The molecule has 0 radical (unpaired) electrons. The van der Waals surface area contributed by atoms with Crippen LogP contribution in [0.2, 0.25) is 0 Å². The summed E-state index contributed by atoms with van der Waals surface area (Å²) < 4.78 is 0. The van der Waals surface area contributed by atoms with Crippen LogP contribution in [0.4, 0.5) is 0 Å².